The second-order valence-electron chi connectivity index (χ2n) is 6.83. The van der Waals surface area contributed by atoms with Gasteiger partial charge in [0, 0.05) is 11.4 Å². The van der Waals surface area contributed by atoms with E-state index in [1.54, 1.807) is 36.4 Å². The molecule has 1 aromatic heterocycles. The molecular formula is C24H19N3O3S. The summed E-state index contributed by atoms with van der Waals surface area (Å²) in [6.07, 6.45) is 1.65. The highest BCUT2D eigenvalue weighted by Gasteiger charge is 2.11. The fourth-order valence-corrected chi connectivity index (χ4v) is 3.46. The predicted molar refractivity (Wildman–Crippen MR) is 125 cm³/mol. The van der Waals surface area contributed by atoms with Crippen LogP contribution in [0.2, 0.25) is 0 Å². The molecule has 0 saturated carbocycles. The van der Waals surface area contributed by atoms with Gasteiger partial charge in [0.15, 0.2) is 10.9 Å². The van der Waals surface area contributed by atoms with Crippen molar-refractivity contribution in [1.82, 2.24) is 5.32 Å². The number of carbonyl (C=O) groups excluding carboxylic acids is 2. The van der Waals surface area contributed by atoms with Crippen LogP contribution < -0.4 is 16.0 Å². The summed E-state index contributed by atoms with van der Waals surface area (Å²) in [5, 5.41) is 10.7. The van der Waals surface area contributed by atoms with Crippen molar-refractivity contribution in [3.63, 3.8) is 0 Å². The van der Waals surface area contributed by atoms with Crippen molar-refractivity contribution in [3.8, 4) is 0 Å². The molecule has 3 aromatic carbocycles. The number of rotatable bonds is 5. The zero-order chi connectivity index (χ0) is 21.6. The Morgan fingerprint density at radius 1 is 0.839 bits per heavy atom. The normalized spacial score (nSPS) is 10.5. The third-order valence-electron chi connectivity index (χ3n) is 4.61. The minimum absolute atomic E-state index is 0.180. The van der Waals surface area contributed by atoms with Crippen LogP contribution in [-0.2, 0) is 11.2 Å². The molecule has 0 fully saturated rings. The van der Waals surface area contributed by atoms with Crippen LogP contribution in [0.25, 0.3) is 10.8 Å². The van der Waals surface area contributed by atoms with Crippen LogP contribution in [0.3, 0.4) is 0 Å². The Morgan fingerprint density at radius 2 is 1.58 bits per heavy atom. The van der Waals surface area contributed by atoms with E-state index >= 15 is 0 Å². The Hall–Kier alpha value is -3.97. The average molecular weight is 430 g/mol. The Balaban J connectivity index is 1.36. The molecule has 0 aliphatic heterocycles. The van der Waals surface area contributed by atoms with Crippen molar-refractivity contribution in [2.24, 2.45) is 0 Å². The number of hydrogen-bond donors (Lipinski definition) is 3. The van der Waals surface area contributed by atoms with E-state index in [2.05, 4.69) is 16.0 Å². The monoisotopic (exact) mass is 429 g/mol. The zero-order valence-corrected chi connectivity index (χ0v) is 17.2. The molecule has 4 aromatic rings. The fourth-order valence-electron chi connectivity index (χ4n) is 3.23. The van der Waals surface area contributed by atoms with Crippen LogP contribution in [0.5, 0.6) is 0 Å². The van der Waals surface area contributed by atoms with Gasteiger partial charge in [-0.15, -0.1) is 0 Å². The minimum atomic E-state index is -0.354. The Bertz CT molecular complexity index is 1250. The second-order valence-corrected chi connectivity index (χ2v) is 7.24. The molecule has 0 aliphatic carbocycles. The summed E-state index contributed by atoms with van der Waals surface area (Å²) in [5.41, 5.74) is 2.13. The van der Waals surface area contributed by atoms with E-state index < -0.39 is 0 Å². The molecule has 6 nitrogen and oxygen atoms in total. The van der Waals surface area contributed by atoms with Crippen LogP contribution in [0.4, 0.5) is 11.4 Å². The number of carbonyl (C=O) groups is 2. The summed E-state index contributed by atoms with van der Waals surface area (Å²) >= 11 is 5.28. The molecule has 0 radical (unpaired) electrons. The van der Waals surface area contributed by atoms with Crippen LogP contribution in [0, 0.1) is 0 Å². The smallest absolute Gasteiger partial charge is 0.291 e. The summed E-state index contributed by atoms with van der Waals surface area (Å²) in [7, 11) is 0. The highest BCUT2D eigenvalue weighted by molar-refractivity contribution is 7.80. The van der Waals surface area contributed by atoms with E-state index in [1.165, 1.54) is 6.26 Å². The number of thiocarbonyl (C=S) groups is 1. The standard InChI is InChI=1S/C24H19N3O3S/c28-22(14-17-8-3-7-16-6-1-2-11-20(16)17)27-24(31)26-19-10-4-9-18(15-19)25-23(29)21-12-5-13-30-21/h1-13,15H,14H2,(H,25,29)(H2,26,27,28,31). The average Bonchev–Trinajstić information content (AvgIpc) is 3.29. The Morgan fingerprint density at radius 3 is 2.39 bits per heavy atom. The first kappa shape index (κ1) is 20.3. The minimum Gasteiger partial charge on any atom is -0.459 e. The van der Waals surface area contributed by atoms with E-state index in [0.29, 0.717) is 11.4 Å². The van der Waals surface area contributed by atoms with E-state index in [4.69, 9.17) is 16.6 Å². The van der Waals surface area contributed by atoms with Gasteiger partial charge in [0.1, 0.15) is 0 Å². The molecule has 2 amide bonds. The van der Waals surface area contributed by atoms with E-state index in [9.17, 15) is 9.59 Å². The lowest BCUT2D eigenvalue weighted by atomic mass is 10.0. The number of anilines is 2. The molecule has 0 bridgehead atoms. The van der Waals surface area contributed by atoms with E-state index in [0.717, 1.165) is 16.3 Å². The lowest BCUT2D eigenvalue weighted by molar-refractivity contribution is -0.119. The Labute approximate surface area is 184 Å². The molecule has 0 unspecified atom stereocenters. The molecule has 3 N–H and O–H groups in total. The maximum atomic E-state index is 12.5. The maximum absolute atomic E-state index is 12.5. The van der Waals surface area contributed by atoms with Gasteiger partial charge in [-0.3, -0.25) is 9.59 Å². The highest BCUT2D eigenvalue weighted by atomic mass is 32.1. The van der Waals surface area contributed by atoms with Crippen molar-refractivity contribution >= 4 is 51.3 Å². The van der Waals surface area contributed by atoms with Crippen molar-refractivity contribution in [2.75, 3.05) is 10.6 Å². The van der Waals surface area contributed by atoms with Gasteiger partial charge < -0.3 is 20.4 Å². The van der Waals surface area contributed by atoms with Gasteiger partial charge in [-0.2, -0.15) is 0 Å². The lowest BCUT2D eigenvalue weighted by Gasteiger charge is -2.12. The summed E-state index contributed by atoms with van der Waals surface area (Å²) in [5.74, 6) is -0.348. The van der Waals surface area contributed by atoms with Gasteiger partial charge in [-0.1, -0.05) is 48.5 Å². The van der Waals surface area contributed by atoms with Crippen LogP contribution >= 0.6 is 12.2 Å². The van der Waals surface area contributed by atoms with Crippen LogP contribution in [0.15, 0.2) is 89.5 Å². The molecule has 0 atom stereocenters. The molecule has 4 rings (SSSR count). The summed E-state index contributed by atoms with van der Waals surface area (Å²) in [4.78, 5) is 24.6. The van der Waals surface area contributed by atoms with Crippen molar-refractivity contribution in [1.29, 1.82) is 0 Å². The molecule has 0 spiro atoms. The quantitative estimate of drug-likeness (QED) is 0.399. The van der Waals surface area contributed by atoms with Crippen molar-refractivity contribution < 1.29 is 14.0 Å². The lowest BCUT2D eigenvalue weighted by Crippen LogP contribution is -2.35. The summed E-state index contributed by atoms with van der Waals surface area (Å²) in [6, 6.07) is 24.0. The fraction of sp³-hybridized carbons (Fsp3) is 0.0417. The largest absolute Gasteiger partial charge is 0.459 e. The molecule has 7 heteroatoms. The molecule has 31 heavy (non-hydrogen) atoms. The topological polar surface area (TPSA) is 83.4 Å². The van der Waals surface area contributed by atoms with Gasteiger partial charge >= 0.3 is 0 Å². The number of hydrogen-bond acceptors (Lipinski definition) is 4. The molecule has 0 saturated heterocycles. The Kier molecular flexibility index (Phi) is 6.05. The van der Waals surface area contributed by atoms with E-state index in [1.807, 2.05) is 42.5 Å². The number of nitrogens with one attached hydrogen (secondary N) is 3. The number of amides is 2. The maximum Gasteiger partial charge on any atom is 0.291 e. The van der Waals surface area contributed by atoms with Gasteiger partial charge in [0.05, 0.1) is 12.7 Å². The second kappa shape index (κ2) is 9.23. The van der Waals surface area contributed by atoms with Crippen LogP contribution in [0.1, 0.15) is 16.1 Å². The van der Waals surface area contributed by atoms with Crippen molar-refractivity contribution in [3.05, 3.63) is 96.4 Å². The first-order chi connectivity index (χ1) is 15.1. The van der Waals surface area contributed by atoms with Gasteiger partial charge in [-0.05, 0) is 58.9 Å². The SMILES string of the molecule is O=C(Cc1cccc2ccccc12)NC(=S)Nc1cccc(NC(=O)c2ccco2)c1. The molecule has 1 heterocycles. The third-order valence-corrected chi connectivity index (χ3v) is 4.81. The predicted octanol–water partition coefficient (Wildman–Crippen LogP) is 4.74. The van der Waals surface area contributed by atoms with E-state index in [-0.39, 0.29) is 29.1 Å². The first-order valence-electron chi connectivity index (χ1n) is 9.61. The third kappa shape index (κ3) is 5.15. The van der Waals surface area contributed by atoms with Gasteiger partial charge in [0.25, 0.3) is 5.91 Å². The number of fused-ring (bicyclic) bond motifs is 1. The highest BCUT2D eigenvalue weighted by Crippen LogP contribution is 2.19. The van der Waals surface area contributed by atoms with Crippen LogP contribution in [-0.4, -0.2) is 16.9 Å². The van der Waals surface area contributed by atoms with Crippen molar-refractivity contribution in [2.45, 2.75) is 6.42 Å². The number of furan rings is 1. The van der Waals surface area contributed by atoms with Gasteiger partial charge in [0.2, 0.25) is 5.91 Å². The molecule has 154 valence electrons. The first-order valence-corrected chi connectivity index (χ1v) is 10.0. The molecule has 0 aliphatic rings. The number of benzene rings is 3. The van der Waals surface area contributed by atoms with Gasteiger partial charge in [-0.25, -0.2) is 0 Å². The zero-order valence-electron chi connectivity index (χ0n) is 16.4. The summed E-state index contributed by atoms with van der Waals surface area (Å²) < 4.78 is 5.09. The summed E-state index contributed by atoms with van der Waals surface area (Å²) in [6.45, 7) is 0. The molecular weight excluding hydrogens is 410 g/mol.